The lowest BCUT2D eigenvalue weighted by Gasteiger charge is -2.21. The van der Waals surface area contributed by atoms with E-state index in [9.17, 15) is 22.8 Å². The number of hydrogen-bond acceptors (Lipinski definition) is 2. The van der Waals surface area contributed by atoms with Gasteiger partial charge in [0.15, 0.2) is 17.5 Å². The molecule has 0 atom stereocenters. The van der Waals surface area contributed by atoms with Crippen LogP contribution in [0.25, 0.3) is 0 Å². The molecule has 0 aliphatic heterocycles. The molecule has 0 saturated carbocycles. The van der Waals surface area contributed by atoms with E-state index in [0.717, 1.165) is 13.0 Å². The van der Waals surface area contributed by atoms with Crippen LogP contribution in [0.4, 0.5) is 24.5 Å². The van der Waals surface area contributed by atoms with E-state index in [1.165, 1.54) is 18.2 Å². The van der Waals surface area contributed by atoms with Crippen molar-refractivity contribution in [2.45, 2.75) is 6.92 Å². The van der Waals surface area contributed by atoms with Gasteiger partial charge in [0.05, 0.1) is 15.7 Å². The molecule has 132 valence electrons. The van der Waals surface area contributed by atoms with Crippen molar-refractivity contribution in [2.75, 3.05) is 16.8 Å². The monoisotopic (exact) mass is 390 g/mol. The number of rotatable bonds is 4. The van der Waals surface area contributed by atoms with Crippen molar-refractivity contribution in [3.05, 3.63) is 57.8 Å². The summed E-state index contributed by atoms with van der Waals surface area (Å²) in [5.74, 6) is -6.11. The number of nitrogens with zero attached hydrogens (tertiary/aromatic N) is 1. The van der Waals surface area contributed by atoms with Crippen LogP contribution in [-0.2, 0) is 9.59 Å². The molecule has 2 rings (SSSR count). The summed E-state index contributed by atoms with van der Waals surface area (Å²) in [6.45, 7) is 0.449. The highest BCUT2D eigenvalue weighted by molar-refractivity contribution is 6.42. The van der Waals surface area contributed by atoms with Gasteiger partial charge in [0.1, 0.15) is 6.54 Å². The first-order chi connectivity index (χ1) is 11.7. The van der Waals surface area contributed by atoms with Crippen LogP contribution in [0.2, 0.25) is 10.0 Å². The van der Waals surface area contributed by atoms with Crippen molar-refractivity contribution in [1.82, 2.24) is 0 Å². The van der Waals surface area contributed by atoms with Crippen molar-refractivity contribution in [3.8, 4) is 0 Å². The first-order valence-electron chi connectivity index (χ1n) is 6.87. The zero-order chi connectivity index (χ0) is 18.7. The van der Waals surface area contributed by atoms with Gasteiger partial charge in [0, 0.05) is 12.6 Å². The predicted molar refractivity (Wildman–Crippen MR) is 89.4 cm³/mol. The van der Waals surface area contributed by atoms with Gasteiger partial charge in [-0.25, -0.2) is 13.2 Å². The number of anilines is 2. The molecule has 2 aromatic carbocycles. The minimum Gasteiger partial charge on any atom is -0.324 e. The second-order valence-electron chi connectivity index (χ2n) is 4.98. The first kappa shape index (κ1) is 19.1. The number of amides is 2. The predicted octanol–water partition coefficient (Wildman–Crippen LogP) is 4.40. The maximum atomic E-state index is 13.9. The van der Waals surface area contributed by atoms with Gasteiger partial charge in [-0.1, -0.05) is 23.2 Å². The lowest BCUT2D eigenvalue weighted by atomic mass is 10.2. The van der Waals surface area contributed by atoms with Gasteiger partial charge >= 0.3 is 0 Å². The minimum absolute atomic E-state index is 0.203. The highest BCUT2D eigenvalue weighted by atomic mass is 35.5. The molecule has 25 heavy (non-hydrogen) atoms. The summed E-state index contributed by atoms with van der Waals surface area (Å²) in [7, 11) is 0. The largest absolute Gasteiger partial charge is 0.324 e. The Balaban J connectivity index is 2.22. The average molecular weight is 391 g/mol. The lowest BCUT2D eigenvalue weighted by molar-refractivity contribution is -0.120. The zero-order valence-electron chi connectivity index (χ0n) is 12.7. The Morgan fingerprint density at radius 2 is 1.72 bits per heavy atom. The van der Waals surface area contributed by atoms with Crippen LogP contribution in [0.5, 0.6) is 0 Å². The zero-order valence-corrected chi connectivity index (χ0v) is 14.3. The second-order valence-corrected chi connectivity index (χ2v) is 5.79. The van der Waals surface area contributed by atoms with E-state index in [0.29, 0.717) is 16.7 Å². The fourth-order valence-electron chi connectivity index (χ4n) is 2.01. The average Bonchev–Trinajstić information content (AvgIpc) is 2.54. The maximum Gasteiger partial charge on any atom is 0.244 e. The molecule has 0 aliphatic rings. The Kier molecular flexibility index (Phi) is 5.92. The number of hydrogen-bond donors (Lipinski definition) is 1. The lowest BCUT2D eigenvalue weighted by Crippen LogP contribution is -2.37. The molecule has 0 aromatic heterocycles. The molecule has 9 heteroatoms. The number of benzene rings is 2. The normalized spacial score (nSPS) is 10.5. The molecule has 0 unspecified atom stereocenters. The third-order valence-corrected chi connectivity index (χ3v) is 3.93. The fraction of sp³-hybridized carbons (Fsp3) is 0.125. The fourth-order valence-corrected chi connectivity index (χ4v) is 2.31. The molecule has 0 aliphatic carbocycles. The summed E-state index contributed by atoms with van der Waals surface area (Å²) in [5, 5.41) is 2.93. The van der Waals surface area contributed by atoms with E-state index in [1.54, 1.807) is 0 Å². The highest BCUT2D eigenvalue weighted by Gasteiger charge is 2.23. The van der Waals surface area contributed by atoms with E-state index in [-0.39, 0.29) is 10.0 Å². The summed E-state index contributed by atoms with van der Waals surface area (Å²) in [4.78, 5) is 24.5. The molecule has 2 amide bonds. The van der Waals surface area contributed by atoms with Crippen LogP contribution in [0.15, 0.2) is 30.3 Å². The van der Waals surface area contributed by atoms with Gasteiger partial charge in [0.2, 0.25) is 11.8 Å². The van der Waals surface area contributed by atoms with Crippen LogP contribution in [0.1, 0.15) is 6.92 Å². The van der Waals surface area contributed by atoms with Gasteiger partial charge in [-0.3, -0.25) is 9.59 Å². The van der Waals surface area contributed by atoms with Crippen molar-refractivity contribution in [1.29, 1.82) is 0 Å². The van der Waals surface area contributed by atoms with Gasteiger partial charge in [-0.05, 0) is 30.3 Å². The van der Waals surface area contributed by atoms with Crippen LogP contribution in [0, 0.1) is 17.5 Å². The molecule has 2 aromatic rings. The smallest absolute Gasteiger partial charge is 0.244 e. The third-order valence-electron chi connectivity index (χ3n) is 3.19. The minimum atomic E-state index is -1.73. The van der Waals surface area contributed by atoms with E-state index in [1.807, 2.05) is 0 Å². The third kappa shape index (κ3) is 4.43. The molecule has 0 radical (unpaired) electrons. The van der Waals surface area contributed by atoms with Crippen LogP contribution < -0.4 is 10.2 Å². The summed E-state index contributed by atoms with van der Waals surface area (Å²) in [6.07, 6.45) is 0. The van der Waals surface area contributed by atoms with Gasteiger partial charge < -0.3 is 10.2 Å². The van der Waals surface area contributed by atoms with Crippen LogP contribution in [-0.4, -0.2) is 18.4 Å². The molecule has 0 heterocycles. The first-order valence-corrected chi connectivity index (χ1v) is 7.62. The quantitative estimate of drug-likeness (QED) is 0.786. The molecule has 4 nitrogen and oxygen atoms in total. The Hall–Kier alpha value is -2.25. The number of halogens is 5. The van der Waals surface area contributed by atoms with Crippen molar-refractivity contribution in [3.63, 3.8) is 0 Å². The molecule has 0 spiro atoms. The topological polar surface area (TPSA) is 49.4 Å². The highest BCUT2D eigenvalue weighted by Crippen LogP contribution is 2.26. The van der Waals surface area contributed by atoms with Crippen molar-refractivity contribution < 1.29 is 22.8 Å². The second kappa shape index (κ2) is 7.76. The van der Waals surface area contributed by atoms with Gasteiger partial charge in [-0.15, -0.1) is 0 Å². The summed E-state index contributed by atoms with van der Waals surface area (Å²) in [5.41, 5.74) is -0.246. The number of carbonyl (C=O) groups excluding carboxylic acids is 2. The van der Waals surface area contributed by atoms with E-state index in [2.05, 4.69) is 5.32 Å². The molecular weight excluding hydrogens is 380 g/mol. The van der Waals surface area contributed by atoms with Crippen molar-refractivity contribution in [2.24, 2.45) is 0 Å². The van der Waals surface area contributed by atoms with Crippen LogP contribution >= 0.6 is 23.2 Å². The Morgan fingerprint density at radius 1 is 1.04 bits per heavy atom. The summed E-state index contributed by atoms with van der Waals surface area (Å²) >= 11 is 11.6. The molecule has 0 fully saturated rings. The molecule has 0 saturated heterocycles. The summed E-state index contributed by atoms with van der Waals surface area (Å²) < 4.78 is 40.3. The van der Waals surface area contributed by atoms with E-state index in [4.69, 9.17) is 23.2 Å². The number of carbonyl (C=O) groups is 2. The Morgan fingerprint density at radius 3 is 2.32 bits per heavy atom. The Labute approximate surface area is 151 Å². The van der Waals surface area contributed by atoms with Crippen molar-refractivity contribution >= 4 is 46.4 Å². The van der Waals surface area contributed by atoms with Gasteiger partial charge in [0.25, 0.3) is 0 Å². The maximum absolute atomic E-state index is 13.9. The molecular formula is C16H11Cl2F3N2O2. The SMILES string of the molecule is CC(=O)N(CC(=O)Nc1ccc(Cl)c(Cl)c1)c1ccc(F)c(F)c1F. The van der Waals surface area contributed by atoms with E-state index >= 15 is 0 Å². The Bertz CT molecular complexity index is 846. The standard InChI is InChI=1S/C16H11Cl2F3N2O2/c1-8(24)23(13-5-4-12(19)15(20)16(13)21)7-14(25)22-9-2-3-10(17)11(18)6-9/h2-6H,7H2,1H3,(H,22,25). The van der Waals surface area contributed by atoms with Gasteiger partial charge in [-0.2, -0.15) is 0 Å². The molecule has 1 N–H and O–H groups in total. The molecule has 0 bridgehead atoms. The number of nitrogens with one attached hydrogen (secondary N) is 1. The van der Waals surface area contributed by atoms with Crippen LogP contribution in [0.3, 0.4) is 0 Å². The van der Waals surface area contributed by atoms with E-state index < -0.39 is 41.5 Å². The summed E-state index contributed by atoms with van der Waals surface area (Å²) in [6, 6.07) is 5.86.